The van der Waals surface area contributed by atoms with E-state index in [-0.39, 0.29) is 12.6 Å². The summed E-state index contributed by atoms with van der Waals surface area (Å²) in [6.07, 6.45) is 2.69. The molecule has 1 heterocycles. The van der Waals surface area contributed by atoms with Gasteiger partial charge in [-0.1, -0.05) is 13.0 Å². The standard InChI is InChI=1S/C11H18N2O2/c1-3-10(8-14)12-6-9-4-5-11(15-2)13-7-9/h4-5,7,10,12,14H,3,6,8H2,1-2H3. The minimum absolute atomic E-state index is 0.159. The van der Waals surface area contributed by atoms with E-state index in [4.69, 9.17) is 9.84 Å². The number of rotatable bonds is 6. The maximum absolute atomic E-state index is 8.99. The molecule has 0 amide bonds. The zero-order chi connectivity index (χ0) is 11.1. The third-order valence-electron chi connectivity index (χ3n) is 2.31. The van der Waals surface area contributed by atoms with Crippen LogP contribution in [0.1, 0.15) is 18.9 Å². The number of aliphatic hydroxyl groups is 1. The lowest BCUT2D eigenvalue weighted by Gasteiger charge is -2.13. The highest BCUT2D eigenvalue weighted by Crippen LogP contribution is 2.06. The van der Waals surface area contributed by atoms with E-state index in [9.17, 15) is 0 Å². The molecule has 1 aromatic rings. The summed E-state index contributed by atoms with van der Waals surface area (Å²) in [6.45, 7) is 2.93. The topological polar surface area (TPSA) is 54.4 Å². The Morgan fingerprint density at radius 1 is 1.53 bits per heavy atom. The van der Waals surface area contributed by atoms with Crippen LogP contribution in [0.15, 0.2) is 18.3 Å². The van der Waals surface area contributed by atoms with Gasteiger partial charge in [0.2, 0.25) is 5.88 Å². The van der Waals surface area contributed by atoms with Crippen molar-refractivity contribution in [3.05, 3.63) is 23.9 Å². The molecule has 1 unspecified atom stereocenters. The highest BCUT2D eigenvalue weighted by Gasteiger charge is 2.03. The molecule has 0 aliphatic heterocycles. The van der Waals surface area contributed by atoms with Crippen molar-refractivity contribution in [3.8, 4) is 5.88 Å². The third-order valence-corrected chi connectivity index (χ3v) is 2.31. The Kier molecular flexibility index (Phi) is 5.07. The number of nitrogens with one attached hydrogen (secondary N) is 1. The van der Waals surface area contributed by atoms with E-state index in [1.165, 1.54) is 0 Å². The van der Waals surface area contributed by atoms with Crippen LogP contribution in [0.2, 0.25) is 0 Å². The lowest BCUT2D eigenvalue weighted by Crippen LogP contribution is -2.31. The number of pyridine rings is 1. The van der Waals surface area contributed by atoms with Crippen LogP contribution in [-0.4, -0.2) is 29.8 Å². The normalized spacial score (nSPS) is 12.5. The third kappa shape index (κ3) is 3.85. The Morgan fingerprint density at radius 3 is 2.80 bits per heavy atom. The molecule has 1 atom stereocenters. The van der Waals surface area contributed by atoms with E-state index in [2.05, 4.69) is 10.3 Å². The molecule has 15 heavy (non-hydrogen) atoms. The molecular weight excluding hydrogens is 192 g/mol. The van der Waals surface area contributed by atoms with Gasteiger partial charge in [0.15, 0.2) is 0 Å². The second-order valence-electron chi connectivity index (χ2n) is 3.38. The van der Waals surface area contributed by atoms with Gasteiger partial charge in [-0.3, -0.25) is 0 Å². The molecule has 2 N–H and O–H groups in total. The Bertz CT molecular complexity index is 270. The molecule has 84 valence electrons. The zero-order valence-electron chi connectivity index (χ0n) is 9.23. The Morgan fingerprint density at radius 2 is 2.33 bits per heavy atom. The van der Waals surface area contributed by atoms with E-state index in [1.807, 2.05) is 19.1 Å². The molecule has 0 spiro atoms. The molecule has 1 rings (SSSR count). The van der Waals surface area contributed by atoms with Gasteiger partial charge in [-0.05, 0) is 12.0 Å². The highest BCUT2D eigenvalue weighted by atomic mass is 16.5. The molecule has 4 nitrogen and oxygen atoms in total. The van der Waals surface area contributed by atoms with Crippen LogP contribution in [0, 0.1) is 0 Å². The summed E-state index contributed by atoms with van der Waals surface area (Å²) in [5, 5.41) is 12.2. The maximum Gasteiger partial charge on any atom is 0.212 e. The second-order valence-corrected chi connectivity index (χ2v) is 3.38. The van der Waals surface area contributed by atoms with Gasteiger partial charge in [-0.2, -0.15) is 0 Å². The number of hydrogen-bond donors (Lipinski definition) is 2. The van der Waals surface area contributed by atoms with Crippen LogP contribution in [0.5, 0.6) is 5.88 Å². The summed E-state index contributed by atoms with van der Waals surface area (Å²) in [4.78, 5) is 4.10. The fraction of sp³-hybridized carbons (Fsp3) is 0.545. The SMILES string of the molecule is CCC(CO)NCc1ccc(OC)nc1. The van der Waals surface area contributed by atoms with E-state index in [0.717, 1.165) is 18.5 Å². The predicted molar refractivity (Wildman–Crippen MR) is 58.8 cm³/mol. The Labute approximate surface area is 90.3 Å². The fourth-order valence-electron chi connectivity index (χ4n) is 1.24. The minimum atomic E-state index is 0.159. The monoisotopic (exact) mass is 210 g/mol. The molecule has 0 fully saturated rings. The number of methoxy groups -OCH3 is 1. The van der Waals surface area contributed by atoms with Crippen LogP contribution in [0.25, 0.3) is 0 Å². The summed E-state index contributed by atoms with van der Waals surface area (Å²) in [5.41, 5.74) is 1.09. The van der Waals surface area contributed by atoms with E-state index < -0.39 is 0 Å². The van der Waals surface area contributed by atoms with Crippen molar-refractivity contribution in [3.63, 3.8) is 0 Å². The first-order valence-corrected chi connectivity index (χ1v) is 5.13. The second kappa shape index (κ2) is 6.37. The van der Waals surface area contributed by atoms with Crippen LogP contribution >= 0.6 is 0 Å². The Hall–Kier alpha value is -1.13. The summed E-state index contributed by atoms with van der Waals surface area (Å²) < 4.78 is 4.97. The molecule has 0 aliphatic rings. The average Bonchev–Trinajstić information content (AvgIpc) is 2.31. The van der Waals surface area contributed by atoms with Gasteiger partial charge < -0.3 is 15.2 Å². The van der Waals surface area contributed by atoms with E-state index in [0.29, 0.717) is 5.88 Å². The van der Waals surface area contributed by atoms with Crippen molar-refractivity contribution >= 4 is 0 Å². The molecule has 0 bridgehead atoms. The molecule has 0 saturated heterocycles. The van der Waals surface area contributed by atoms with Gasteiger partial charge in [-0.25, -0.2) is 4.98 Å². The van der Waals surface area contributed by atoms with Crippen molar-refractivity contribution in [1.82, 2.24) is 10.3 Å². The maximum atomic E-state index is 8.99. The molecular formula is C11H18N2O2. The number of aromatic nitrogens is 1. The number of nitrogens with zero attached hydrogens (tertiary/aromatic N) is 1. The van der Waals surface area contributed by atoms with Crippen molar-refractivity contribution in [2.24, 2.45) is 0 Å². The fourth-order valence-corrected chi connectivity index (χ4v) is 1.24. The van der Waals surface area contributed by atoms with Crippen LogP contribution < -0.4 is 10.1 Å². The Balaban J connectivity index is 2.43. The van der Waals surface area contributed by atoms with Crippen molar-refractivity contribution in [2.45, 2.75) is 25.9 Å². The molecule has 0 aliphatic carbocycles. The van der Waals surface area contributed by atoms with Crippen molar-refractivity contribution in [2.75, 3.05) is 13.7 Å². The summed E-state index contributed by atoms with van der Waals surface area (Å²) in [5.74, 6) is 0.618. The van der Waals surface area contributed by atoms with E-state index in [1.54, 1.807) is 13.3 Å². The van der Waals surface area contributed by atoms with Crippen molar-refractivity contribution < 1.29 is 9.84 Å². The van der Waals surface area contributed by atoms with Gasteiger partial charge in [0.05, 0.1) is 13.7 Å². The summed E-state index contributed by atoms with van der Waals surface area (Å²) in [7, 11) is 1.60. The van der Waals surface area contributed by atoms with Gasteiger partial charge in [0.1, 0.15) is 0 Å². The zero-order valence-corrected chi connectivity index (χ0v) is 9.23. The van der Waals surface area contributed by atoms with Gasteiger partial charge in [0.25, 0.3) is 0 Å². The minimum Gasteiger partial charge on any atom is -0.481 e. The van der Waals surface area contributed by atoms with Gasteiger partial charge in [-0.15, -0.1) is 0 Å². The highest BCUT2D eigenvalue weighted by molar-refractivity contribution is 5.17. The molecule has 1 aromatic heterocycles. The average molecular weight is 210 g/mol. The smallest absolute Gasteiger partial charge is 0.212 e. The van der Waals surface area contributed by atoms with Crippen molar-refractivity contribution in [1.29, 1.82) is 0 Å². The summed E-state index contributed by atoms with van der Waals surface area (Å²) in [6, 6.07) is 3.95. The van der Waals surface area contributed by atoms with Gasteiger partial charge >= 0.3 is 0 Å². The largest absolute Gasteiger partial charge is 0.481 e. The lowest BCUT2D eigenvalue weighted by molar-refractivity contribution is 0.238. The van der Waals surface area contributed by atoms with Crippen LogP contribution in [-0.2, 0) is 6.54 Å². The molecule has 0 radical (unpaired) electrons. The first kappa shape index (κ1) is 11.9. The number of hydrogen-bond acceptors (Lipinski definition) is 4. The van der Waals surface area contributed by atoms with Crippen LogP contribution in [0.4, 0.5) is 0 Å². The lowest BCUT2D eigenvalue weighted by atomic mass is 10.2. The quantitative estimate of drug-likeness (QED) is 0.734. The first-order chi connectivity index (χ1) is 7.30. The molecule has 0 saturated carbocycles. The van der Waals surface area contributed by atoms with Crippen LogP contribution in [0.3, 0.4) is 0 Å². The molecule has 0 aromatic carbocycles. The first-order valence-electron chi connectivity index (χ1n) is 5.13. The van der Waals surface area contributed by atoms with E-state index >= 15 is 0 Å². The number of ether oxygens (including phenoxy) is 1. The molecule has 4 heteroatoms. The number of aliphatic hydroxyl groups excluding tert-OH is 1. The van der Waals surface area contributed by atoms with Gasteiger partial charge in [0, 0.05) is 24.8 Å². The summed E-state index contributed by atoms with van der Waals surface area (Å²) >= 11 is 0. The predicted octanol–water partition coefficient (Wildman–Crippen LogP) is 0.951.